The average Bonchev–Trinajstić information content (AvgIpc) is 2.69. The first-order valence-corrected chi connectivity index (χ1v) is 9.41. The number of benzene rings is 2. The highest BCUT2D eigenvalue weighted by Crippen LogP contribution is 2.37. The molecule has 0 atom stereocenters. The van der Waals surface area contributed by atoms with Crippen LogP contribution in [-0.2, 0) is 0 Å². The SMILES string of the molecule is Nc1ncnc2ccc(-c3cccnc3-c3cc(OC(F)(F)F)ccc3I)cc12. The molecule has 4 aromatic rings. The molecule has 0 amide bonds. The predicted molar refractivity (Wildman–Crippen MR) is 112 cm³/mol. The topological polar surface area (TPSA) is 73.9 Å². The largest absolute Gasteiger partial charge is 0.573 e. The van der Waals surface area contributed by atoms with E-state index in [0.29, 0.717) is 28.0 Å². The number of nitrogens with zero attached hydrogens (tertiary/aromatic N) is 3. The second-order valence-corrected chi connectivity index (χ2v) is 7.24. The van der Waals surface area contributed by atoms with Gasteiger partial charge in [0, 0.05) is 26.3 Å². The number of nitrogens with two attached hydrogens (primary N) is 1. The minimum Gasteiger partial charge on any atom is -0.406 e. The van der Waals surface area contributed by atoms with E-state index < -0.39 is 6.36 Å². The number of fused-ring (bicyclic) bond motifs is 1. The number of aromatic nitrogens is 3. The van der Waals surface area contributed by atoms with Crippen LogP contribution in [0.2, 0.25) is 0 Å². The number of anilines is 1. The predicted octanol–water partition coefficient (Wildman–Crippen LogP) is 5.44. The van der Waals surface area contributed by atoms with Gasteiger partial charge in [-0.15, -0.1) is 13.2 Å². The van der Waals surface area contributed by atoms with Gasteiger partial charge in [-0.2, -0.15) is 0 Å². The molecular formula is C20H12F3IN4O. The maximum atomic E-state index is 12.6. The van der Waals surface area contributed by atoms with Crippen molar-refractivity contribution in [3.05, 3.63) is 64.6 Å². The molecule has 0 bridgehead atoms. The summed E-state index contributed by atoms with van der Waals surface area (Å²) in [6, 6.07) is 13.3. The summed E-state index contributed by atoms with van der Waals surface area (Å²) in [7, 11) is 0. The van der Waals surface area contributed by atoms with Crippen molar-refractivity contribution in [2.45, 2.75) is 6.36 Å². The van der Waals surface area contributed by atoms with Crippen molar-refractivity contribution in [3.8, 4) is 28.1 Å². The van der Waals surface area contributed by atoms with Crippen molar-refractivity contribution in [1.29, 1.82) is 0 Å². The van der Waals surface area contributed by atoms with E-state index in [0.717, 1.165) is 14.7 Å². The van der Waals surface area contributed by atoms with Crippen LogP contribution in [0.5, 0.6) is 5.75 Å². The fourth-order valence-corrected chi connectivity index (χ4v) is 3.57. The molecule has 0 aliphatic rings. The Balaban J connectivity index is 1.87. The van der Waals surface area contributed by atoms with Crippen LogP contribution >= 0.6 is 22.6 Å². The van der Waals surface area contributed by atoms with Crippen LogP contribution in [0.4, 0.5) is 19.0 Å². The monoisotopic (exact) mass is 508 g/mol. The maximum absolute atomic E-state index is 12.6. The molecule has 0 saturated heterocycles. The molecule has 2 aromatic carbocycles. The van der Waals surface area contributed by atoms with Crippen molar-refractivity contribution in [2.75, 3.05) is 5.73 Å². The first kappa shape index (κ1) is 19.4. The molecule has 5 nitrogen and oxygen atoms in total. The second kappa shape index (κ2) is 7.47. The Morgan fingerprint density at radius 3 is 2.55 bits per heavy atom. The Bertz CT molecular complexity index is 1210. The van der Waals surface area contributed by atoms with E-state index in [4.69, 9.17) is 5.73 Å². The molecule has 0 fully saturated rings. The molecule has 0 aliphatic carbocycles. The van der Waals surface area contributed by atoms with E-state index in [9.17, 15) is 13.2 Å². The van der Waals surface area contributed by atoms with E-state index in [1.807, 2.05) is 24.3 Å². The van der Waals surface area contributed by atoms with Crippen molar-refractivity contribution >= 4 is 39.3 Å². The number of ether oxygens (including phenoxy) is 1. The highest BCUT2D eigenvalue weighted by molar-refractivity contribution is 14.1. The minimum atomic E-state index is -4.77. The number of hydrogen-bond donors (Lipinski definition) is 1. The molecule has 2 N–H and O–H groups in total. The van der Waals surface area contributed by atoms with Crippen molar-refractivity contribution in [3.63, 3.8) is 0 Å². The minimum absolute atomic E-state index is 0.305. The zero-order valence-corrected chi connectivity index (χ0v) is 16.8. The van der Waals surface area contributed by atoms with Gasteiger partial charge in [0.2, 0.25) is 0 Å². The lowest BCUT2D eigenvalue weighted by Gasteiger charge is -2.14. The van der Waals surface area contributed by atoms with Gasteiger partial charge in [-0.05, 0) is 64.6 Å². The van der Waals surface area contributed by atoms with Crippen LogP contribution in [0, 0.1) is 3.57 Å². The third-order valence-electron chi connectivity index (χ3n) is 4.21. The van der Waals surface area contributed by atoms with Crippen LogP contribution in [-0.4, -0.2) is 21.3 Å². The number of pyridine rings is 1. The molecule has 0 spiro atoms. The summed E-state index contributed by atoms with van der Waals surface area (Å²) in [6.45, 7) is 0. The van der Waals surface area contributed by atoms with Gasteiger partial charge in [-0.1, -0.05) is 12.1 Å². The number of hydrogen-bond acceptors (Lipinski definition) is 5. The quantitative estimate of drug-likeness (QED) is 0.373. The van der Waals surface area contributed by atoms with Gasteiger partial charge in [0.15, 0.2) is 0 Å². The van der Waals surface area contributed by atoms with Crippen LogP contribution in [0.3, 0.4) is 0 Å². The molecule has 29 heavy (non-hydrogen) atoms. The third-order valence-corrected chi connectivity index (χ3v) is 5.15. The molecular weight excluding hydrogens is 496 g/mol. The smallest absolute Gasteiger partial charge is 0.406 e. The van der Waals surface area contributed by atoms with Gasteiger partial charge in [0.05, 0.1) is 11.2 Å². The Morgan fingerprint density at radius 2 is 1.76 bits per heavy atom. The first-order valence-electron chi connectivity index (χ1n) is 8.33. The average molecular weight is 508 g/mol. The summed E-state index contributed by atoms with van der Waals surface area (Å²) in [5.41, 5.74) is 9.24. The molecule has 146 valence electrons. The highest BCUT2D eigenvalue weighted by Gasteiger charge is 2.31. The molecule has 2 aromatic heterocycles. The summed E-state index contributed by atoms with van der Waals surface area (Å²) in [6.07, 6.45) is -1.79. The van der Waals surface area contributed by atoms with Crippen molar-refractivity contribution < 1.29 is 17.9 Å². The zero-order valence-electron chi connectivity index (χ0n) is 14.6. The second-order valence-electron chi connectivity index (χ2n) is 6.08. The normalized spacial score (nSPS) is 11.6. The molecule has 0 saturated carbocycles. The lowest BCUT2D eigenvalue weighted by atomic mass is 9.98. The van der Waals surface area contributed by atoms with E-state index in [2.05, 4.69) is 42.3 Å². The van der Waals surface area contributed by atoms with E-state index in [1.54, 1.807) is 18.3 Å². The van der Waals surface area contributed by atoms with Gasteiger partial charge in [0.1, 0.15) is 17.9 Å². The molecule has 4 rings (SSSR count). The summed E-state index contributed by atoms with van der Waals surface area (Å²) in [4.78, 5) is 12.6. The van der Waals surface area contributed by atoms with E-state index >= 15 is 0 Å². The van der Waals surface area contributed by atoms with Gasteiger partial charge in [0.25, 0.3) is 0 Å². The summed E-state index contributed by atoms with van der Waals surface area (Å²) in [5.74, 6) is 0.0399. The highest BCUT2D eigenvalue weighted by atomic mass is 127. The Labute approximate surface area is 176 Å². The van der Waals surface area contributed by atoms with Gasteiger partial charge < -0.3 is 10.5 Å². The molecule has 0 aliphatic heterocycles. The summed E-state index contributed by atoms with van der Waals surface area (Å²) >= 11 is 2.06. The lowest BCUT2D eigenvalue weighted by Crippen LogP contribution is -2.17. The first-order chi connectivity index (χ1) is 13.8. The van der Waals surface area contributed by atoms with Crippen LogP contribution < -0.4 is 10.5 Å². The molecule has 0 unspecified atom stereocenters. The van der Waals surface area contributed by atoms with Gasteiger partial charge in [-0.3, -0.25) is 4.98 Å². The number of halogens is 4. The third kappa shape index (κ3) is 4.09. The van der Waals surface area contributed by atoms with Gasteiger partial charge >= 0.3 is 6.36 Å². The molecule has 0 radical (unpaired) electrons. The summed E-state index contributed by atoms with van der Waals surface area (Å²) < 4.78 is 42.7. The lowest BCUT2D eigenvalue weighted by molar-refractivity contribution is -0.274. The van der Waals surface area contributed by atoms with Crippen molar-refractivity contribution in [2.24, 2.45) is 0 Å². The Hall–Kier alpha value is -2.95. The maximum Gasteiger partial charge on any atom is 0.573 e. The molecule has 9 heteroatoms. The van der Waals surface area contributed by atoms with Crippen LogP contribution in [0.15, 0.2) is 61.1 Å². The summed E-state index contributed by atoms with van der Waals surface area (Å²) in [5, 5.41) is 0.684. The Morgan fingerprint density at radius 1 is 0.931 bits per heavy atom. The Kier molecular flexibility index (Phi) is 4.99. The number of alkyl halides is 3. The fraction of sp³-hybridized carbons (Fsp3) is 0.0500. The van der Waals surface area contributed by atoms with Crippen LogP contribution in [0.1, 0.15) is 0 Å². The standard InChI is InChI=1S/C20H12F3IN4O/c21-20(22,23)29-12-4-5-16(24)14(9-12)18-13(2-1-7-26-18)11-3-6-17-15(8-11)19(25)28-10-27-17/h1-10H,(H2,25,27,28). The van der Waals surface area contributed by atoms with E-state index in [-0.39, 0.29) is 5.75 Å². The van der Waals surface area contributed by atoms with Gasteiger partial charge in [-0.25, -0.2) is 9.97 Å². The number of rotatable bonds is 3. The molecule has 2 heterocycles. The number of nitrogen functional groups attached to an aromatic ring is 1. The zero-order chi connectivity index (χ0) is 20.6. The van der Waals surface area contributed by atoms with Crippen molar-refractivity contribution in [1.82, 2.24) is 15.0 Å². The van der Waals surface area contributed by atoms with E-state index in [1.165, 1.54) is 18.5 Å². The van der Waals surface area contributed by atoms with Crippen LogP contribution in [0.25, 0.3) is 33.3 Å². The fourth-order valence-electron chi connectivity index (χ4n) is 2.98.